The normalized spacial score (nSPS) is 21.9. The van der Waals surface area contributed by atoms with E-state index >= 15 is 0 Å². The molecule has 18 heavy (non-hydrogen) atoms. The first-order valence-electron chi connectivity index (χ1n) is 5.83. The van der Waals surface area contributed by atoms with Gasteiger partial charge in [0, 0.05) is 13.1 Å². The lowest BCUT2D eigenvalue weighted by molar-refractivity contribution is -0.143. The highest BCUT2D eigenvalue weighted by Gasteiger charge is 2.28. The average molecular weight is 254 g/mol. The Morgan fingerprint density at radius 3 is 3.00 bits per heavy atom. The van der Waals surface area contributed by atoms with Crippen molar-refractivity contribution in [1.29, 1.82) is 0 Å². The molecule has 2 N–H and O–H groups in total. The third-order valence-electron chi connectivity index (χ3n) is 2.86. The maximum absolute atomic E-state index is 11.7. The minimum Gasteiger partial charge on any atom is -0.481 e. The fraction of sp³-hybridized carbons (Fsp3) is 0.667. The molecule has 0 radical (unpaired) electrons. The standard InChI is InChI=1S/C12H18N2O4/c1-3-4-13-12(17)9(2)14-5-6-18-10(8-14)7-11(15)16/h1,9-10H,4-8H2,2H3,(H,13,17)(H,15,16). The van der Waals surface area contributed by atoms with Gasteiger partial charge in [-0.1, -0.05) is 5.92 Å². The molecule has 1 fully saturated rings. The molecule has 0 aromatic carbocycles. The second-order valence-electron chi connectivity index (χ2n) is 4.18. The molecule has 2 unspecified atom stereocenters. The highest BCUT2D eigenvalue weighted by molar-refractivity contribution is 5.81. The third-order valence-corrected chi connectivity index (χ3v) is 2.86. The van der Waals surface area contributed by atoms with Crippen LogP contribution in [0.1, 0.15) is 13.3 Å². The molecule has 1 rings (SSSR count). The van der Waals surface area contributed by atoms with Crippen molar-refractivity contribution in [2.75, 3.05) is 26.2 Å². The topological polar surface area (TPSA) is 78.9 Å². The Kier molecular flexibility index (Phi) is 5.62. The molecular formula is C12H18N2O4. The number of carboxylic acids is 1. The van der Waals surface area contributed by atoms with E-state index in [1.54, 1.807) is 6.92 Å². The molecule has 1 aliphatic heterocycles. The van der Waals surface area contributed by atoms with E-state index in [2.05, 4.69) is 11.2 Å². The number of carbonyl (C=O) groups is 2. The number of hydrogen-bond donors (Lipinski definition) is 2. The van der Waals surface area contributed by atoms with Gasteiger partial charge in [0.25, 0.3) is 0 Å². The summed E-state index contributed by atoms with van der Waals surface area (Å²) < 4.78 is 5.34. The zero-order valence-corrected chi connectivity index (χ0v) is 10.4. The number of ether oxygens (including phenoxy) is 1. The lowest BCUT2D eigenvalue weighted by Crippen LogP contribution is -2.52. The van der Waals surface area contributed by atoms with Crippen LogP contribution in [-0.2, 0) is 14.3 Å². The average Bonchev–Trinajstić information content (AvgIpc) is 2.34. The number of rotatable bonds is 5. The van der Waals surface area contributed by atoms with Gasteiger partial charge in [0.1, 0.15) is 0 Å². The van der Waals surface area contributed by atoms with Crippen LogP contribution in [-0.4, -0.2) is 60.3 Å². The van der Waals surface area contributed by atoms with E-state index < -0.39 is 5.97 Å². The third kappa shape index (κ3) is 4.35. The molecule has 0 aromatic heterocycles. The van der Waals surface area contributed by atoms with Gasteiger partial charge in [-0.2, -0.15) is 0 Å². The summed E-state index contributed by atoms with van der Waals surface area (Å²) in [5.74, 6) is 1.29. The van der Waals surface area contributed by atoms with Crippen LogP contribution in [0.2, 0.25) is 0 Å². The van der Waals surface area contributed by atoms with Gasteiger partial charge < -0.3 is 15.2 Å². The minimum absolute atomic E-state index is 0.0464. The summed E-state index contributed by atoms with van der Waals surface area (Å²) in [5, 5.41) is 11.3. The molecular weight excluding hydrogens is 236 g/mol. The Labute approximate surface area is 106 Å². The molecule has 1 heterocycles. The van der Waals surface area contributed by atoms with Crippen LogP contribution in [0.5, 0.6) is 0 Å². The lowest BCUT2D eigenvalue weighted by atomic mass is 10.1. The molecule has 2 atom stereocenters. The first-order valence-corrected chi connectivity index (χ1v) is 5.83. The van der Waals surface area contributed by atoms with E-state index in [1.165, 1.54) is 0 Å². The second kappa shape index (κ2) is 6.99. The Bertz CT molecular complexity index is 350. The summed E-state index contributed by atoms with van der Waals surface area (Å²) >= 11 is 0. The van der Waals surface area contributed by atoms with Crippen LogP contribution < -0.4 is 5.32 Å². The van der Waals surface area contributed by atoms with Crippen LogP contribution in [0.4, 0.5) is 0 Å². The number of aliphatic carboxylic acids is 1. The zero-order chi connectivity index (χ0) is 13.5. The fourth-order valence-corrected chi connectivity index (χ4v) is 1.86. The van der Waals surface area contributed by atoms with Crippen molar-refractivity contribution >= 4 is 11.9 Å². The minimum atomic E-state index is -0.897. The van der Waals surface area contributed by atoms with Gasteiger partial charge in [-0.3, -0.25) is 14.5 Å². The van der Waals surface area contributed by atoms with Crippen molar-refractivity contribution in [1.82, 2.24) is 10.2 Å². The maximum Gasteiger partial charge on any atom is 0.306 e. The smallest absolute Gasteiger partial charge is 0.306 e. The SMILES string of the molecule is C#CCNC(=O)C(C)N1CCOC(CC(=O)O)C1. The van der Waals surface area contributed by atoms with Crippen molar-refractivity contribution in [3.63, 3.8) is 0 Å². The van der Waals surface area contributed by atoms with Gasteiger partial charge in [-0.15, -0.1) is 6.42 Å². The first kappa shape index (κ1) is 14.5. The molecule has 0 aromatic rings. The summed E-state index contributed by atoms with van der Waals surface area (Å²) in [6.07, 6.45) is 4.66. The number of carboxylic acid groups (broad SMARTS) is 1. The highest BCUT2D eigenvalue weighted by atomic mass is 16.5. The van der Waals surface area contributed by atoms with E-state index in [0.29, 0.717) is 19.7 Å². The van der Waals surface area contributed by atoms with E-state index in [-0.39, 0.29) is 31.0 Å². The summed E-state index contributed by atoms with van der Waals surface area (Å²) in [5.41, 5.74) is 0. The van der Waals surface area contributed by atoms with E-state index in [4.69, 9.17) is 16.3 Å². The zero-order valence-electron chi connectivity index (χ0n) is 10.4. The first-order chi connectivity index (χ1) is 8.54. The van der Waals surface area contributed by atoms with Crippen molar-refractivity contribution in [3.8, 4) is 12.3 Å². The number of morpholine rings is 1. The van der Waals surface area contributed by atoms with Gasteiger partial charge in [0.2, 0.25) is 5.91 Å². The lowest BCUT2D eigenvalue weighted by Gasteiger charge is -2.35. The van der Waals surface area contributed by atoms with Crippen LogP contribution in [0, 0.1) is 12.3 Å². The molecule has 6 heteroatoms. The molecule has 0 bridgehead atoms. The van der Waals surface area contributed by atoms with Crippen LogP contribution >= 0.6 is 0 Å². The largest absolute Gasteiger partial charge is 0.481 e. The summed E-state index contributed by atoms with van der Waals surface area (Å²) in [6.45, 7) is 3.46. The predicted octanol–water partition coefficient (Wildman–Crippen LogP) is -0.700. The van der Waals surface area contributed by atoms with Gasteiger partial charge in [0.15, 0.2) is 0 Å². The number of nitrogens with one attached hydrogen (secondary N) is 1. The monoisotopic (exact) mass is 254 g/mol. The van der Waals surface area contributed by atoms with Crippen molar-refractivity contribution in [2.45, 2.75) is 25.5 Å². The molecule has 6 nitrogen and oxygen atoms in total. The van der Waals surface area contributed by atoms with Crippen LogP contribution in [0.25, 0.3) is 0 Å². The molecule has 100 valence electrons. The number of terminal acetylenes is 1. The molecule has 1 aliphatic rings. The molecule has 0 aliphatic carbocycles. The molecule has 0 spiro atoms. The highest BCUT2D eigenvalue weighted by Crippen LogP contribution is 2.11. The summed E-state index contributed by atoms with van der Waals surface area (Å²) in [4.78, 5) is 24.2. The Morgan fingerprint density at radius 2 is 2.39 bits per heavy atom. The van der Waals surface area contributed by atoms with Crippen LogP contribution in [0.15, 0.2) is 0 Å². The molecule has 1 saturated heterocycles. The number of carbonyl (C=O) groups excluding carboxylic acids is 1. The van der Waals surface area contributed by atoms with E-state index in [1.807, 2.05) is 4.90 Å². The quantitative estimate of drug-likeness (QED) is 0.634. The van der Waals surface area contributed by atoms with Crippen LogP contribution in [0.3, 0.4) is 0 Å². The Hall–Kier alpha value is -1.58. The summed E-state index contributed by atoms with van der Waals surface area (Å²) in [7, 11) is 0. The number of amides is 1. The summed E-state index contributed by atoms with van der Waals surface area (Å²) in [6, 6.07) is -0.335. The number of nitrogens with zero attached hydrogens (tertiary/aromatic N) is 1. The van der Waals surface area contributed by atoms with Crippen molar-refractivity contribution in [2.24, 2.45) is 0 Å². The molecule has 1 amide bonds. The Balaban J connectivity index is 2.47. The van der Waals surface area contributed by atoms with Crippen molar-refractivity contribution in [3.05, 3.63) is 0 Å². The van der Waals surface area contributed by atoms with Gasteiger partial charge in [-0.25, -0.2) is 0 Å². The second-order valence-corrected chi connectivity index (χ2v) is 4.18. The van der Waals surface area contributed by atoms with Crippen molar-refractivity contribution < 1.29 is 19.4 Å². The predicted molar refractivity (Wildman–Crippen MR) is 64.9 cm³/mol. The van der Waals surface area contributed by atoms with Gasteiger partial charge in [-0.05, 0) is 6.92 Å². The maximum atomic E-state index is 11.7. The van der Waals surface area contributed by atoms with E-state index in [9.17, 15) is 9.59 Å². The molecule has 0 saturated carbocycles. The fourth-order valence-electron chi connectivity index (χ4n) is 1.86. The van der Waals surface area contributed by atoms with Gasteiger partial charge in [0.05, 0.1) is 31.7 Å². The number of hydrogen-bond acceptors (Lipinski definition) is 4. The van der Waals surface area contributed by atoms with Gasteiger partial charge >= 0.3 is 5.97 Å². The Morgan fingerprint density at radius 1 is 1.67 bits per heavy atom. The van der Waals surface area contributed by atoms with E-state index in [0.717, 1.165) is 0 Å².